The Kier molecular flexibility index (Phi) is 7.25. The van der Waals surface area contributed by atoms with E-state index < -0.39 is 0 Å². The molecule has 3 N–H and O–H groups in total. The van der Waals surface area contributed by atoms with E-state index in [0.717, 1.165) is 45.8 Å². The Hall–Kier alpha value is -3.12. The van der Waals surface area contributed by atoms with Crippen molar-refractivity contribution in [3.05, 3.63) is 65.9 Å². The average molecular weight is 409 g/mol. The summed E-state index contributed by atoms with van der Waals surface area (Å²) in [6, 6.07) is 17.2. The number of anilines is 1. The van der Waals surface area contributed by atoms with E-state index in [1.54, 1.807) is 0 Å². The molecule has 1 heterocycles. The topological polar surface area (TPSA) is 75.8 Å². The minimum Gasteiger partial charge on any atom is -0.459 e. The van der Waals surface area contributed by atoms with Crippen molar-refractivity contribution in [2.45, 2.75) is 33.2 Å². The lowest BCUT2D eigenvalue weighted by Gasteiger charge is -2.19. The van der Waals surface area contributed by atoms with Gasteiger partial charge in [0.15, 0.2) is 13.1 Å². The van der Waals surface area contributed by atoms with Crippen LogP contribution < -0.4 is 15.5 Å². The zero-order chi connectivity index (χ0) is 21.5. The van der Waals surface area contributed by atoms with Gasteiger partial charge >= 0.3 is 0 Å². The normalized spacial score (nSPS) is 13.0. The summed E-state index contributed by atoms with van der Waals surface area (Å²) in [7, 11) is 0. The first-order valence-corrected chi connectivity index (χ1v) is 10.4. The molecular formula is C24H30N3O3+. The Labute approximate surface area is 177 Å². The van der Waals surface area contributed by atoms with Crippen LogP contribution in [0.5, 0.6) is 0 Å². The molecule has 0 bridgehead atoms. The SMILES string of the molecule is CCC[NH+](CC(=O)Nc1ccccc1C)CC(=O)N[C@@H](C)c1cc2ccccc2o1. The van der Waals surface area contributed by atoms with Crippen LogP contribution in [0, 0.1) is 6.92 Å². The van der Waals surface area contributed by atoms with Crippen LogP contribution in [-0.2, 0) is 9.59 Å². The van der Waals surface area contributed by atoms with Gasteiger partial charge in [0.1, 0.15) is 11.3 Å². The van der Waals surface area contributed by atoms with E-state index in [1.165, 1.54) is 0 Å². The molecule has 3 aromatic rings. The Bertz CT molecular complexity index is 979. The summed E-state index contributed by atoms with van der Waals surface area (Å²) in [6.45, 7) is 7.13. The van der Waals surface area contributed by atoms with E-state index in [-0.39, 0.29) is 30.9 Å². The van der Waals surface area contributed by atoms with Gasteiger partial charge in [0.05, 0.1) is 12.6 Å². The van der Waals surface area contributed by atoms with Crippen molar-refractivity contribution in [1.29, 1.82) is 0 Å². The fourth-order valence-corrected chi connectivity index (χ4v) is 3.53. The van der Waals surface area contributed by atoms with Crippen LogP contribution in [-0.4, -0.2) is 31.4 Å². The number of fused-ring (bicyclic) bond motifs is 1. The number of benzene rings is 2. The van der Waals surface area contributed by atoms with E-state index in [0.29, 0.717) is 0 Å². The number of carbonyl (C=O) groups is 2. The molecular weight excluding hydrogens is 378 g/mol. The van der Waals surface area contributed by atoms with E-state index in [9.17, 15) is 9.59 Å². The van der Waals surface area contributed by atoms with Crippen molar-refractivity contribution in [1.82, 2.24) is 5.32 Å². The Morgan fingerprint density at radius 2 is 1.73 bits per heavy atom. The molecule has 2 atom stereocenters. The second-order valence-electron chi connectivity index (χ2n) is 7.69. The fourth-order valence-electron chi connectivity index (χ4n) is 3.53. The Morgan fingerprint density at radius 1 is 1.03 bits per heavy atom. The van der Waals surface area contributed by atoms with Gasteiger partial charge in [-0.15, -0.1) is 0 Å². The van der Waals surface area contributed by atoms with Gasteiger partial charge in [0, 0.05) is 11.1 Å². The molecule has 1 unspecified atom stereocenters. The zero-order valence-corrected chi connectivity index (χ0v) is 17.8. The summed E-state index contributed by atoms with van der Waals surface area (Å²) in [6.07, 6.45) is 0.888. The fraction of sp³-hybridized carbons (Fsp3) is 0.333. The summed E-state index contributed by atoms with van der Waals surface area (Å²) in [4.78, 5) is 26.0. The number of hydrogen-bond acceptors (Lipinski definition) is 3. The first-order chi connectivity index (χ1) is 14.5. The predicted octanol–water partition coefficient (Wildman–Crippen LogP) is 2.85. The highest BCUT2D eigenvalue weighted by Crippen LogP contribution is 2.23. The second kappa shape index (κ2) is 10.1. The van der Waals surface area contributed by atoms with Crippen molar-refractivity contribution in [2.75, 3.05) is 25.0 Å². The molecule has 0 saturated heterocycles. The van der Waals surface area contributed by atoms with E-state index >= 15 is 0 Å². The molecule has 0 spiro atoms. The first kappa shape index (κ1) is 21.6. The predicted molar refractivity (Wildman–Crippen MR) is 118 cm³/mol. The summed E-state index contributed by atoms with van der Waals surface area (Å²) in [5, 5.41) is 6.95. The second-order valence-corrected chi connectivity index (χ2v) is 7.69. The summed E-state index contributed by atoms with van der Waals surface area (Å²) < 4.78 is 5.84. The largest absolute Gasteiger partial charge is 0.459 e. The summed E-state index contributed by atoms with van der Waals surface area (Å²) >= 11 is 0. The van der Waals surface area contributed by atoms with Gasteiger partial charge in [-0.25, -0.2) is 0 Å². The number of furan rings is 1. The smallest absolute Gasteiger partial charge is 0.279 e. The third-order valence-corrected chi connectivity index (χ3v) is 5.09. The van der Waals surface area contributed by atoms with Gasteiger partial charge in [0.2, 0.25) is 0 Å². The zero-order valence-electron chi connectivity index (χ0n) is 17.8. The van der Waals surface area contributed by atoms with Crippen molar-refractivity contribution in [3.8, 4) is 0 Å². The van der Waals surface area contributed by atoms with Gasteiger partial charge in [-0.2, -0.15) is 0 Å². The molecule has 2 aromatic carbocycles. The van der Waals surface area contributed by atoms with Crippen LogP contribution in [0.4, 0.5) is 5.69 Å². The van der Waals surface area contributed by atoms with Gasteiger partial charge in [0.25, 0.3) is 11.8 Å². The lowest BCUT2D eigenvalue weighted by Crippen LogP contribution is -3.14. The Balaban J connectivity index is 1.56. The standard InChI is InChI=1S/C24H29N3O3/c1-4-13-27(16-24(29)26-20-11-7-5-9-17(20)2)15-23(28)25-18(3)22-14-19-10-6-8-12-21(19)30-22/h5-12,14,18H,4,13,15-16H2,1-3H3,(H,25,28)(H,26,29)/p+1/t18-/m0/s1. The molecule has 6 nitrogen and oxygen atoms in total. The van der Waals surface area contributed by atoms with Gasteiger partial charge in [-0.05, 0) is 44.0 Å². The van der Waals surface area contributed by atoms with Crippen molar-refractivity contribution < 1.29 is 18.9 Å². The number of para-hydroxylation sites is 2. The molecule has 158 valence electrons. The molecule has 0 saturated carbocycles. The number of rotatable bonds is 9. The van der Waals surface area contributed by atoms with Crippen molar-refractivity contribution >= 4 is 28.5 Å². The minimum atomic E-state index is -0.242. The van der Waals surface area contributed by atoms with Gasteiger partial charge < -0.3 is 20.0 Å². The molecule has 0 aliphatic carbocycles. The number of hydrogen-bond donors (Lipinski definition) is 3. The van der Waals surface area contributed by atoms with Crippen molar-refractivity contribution in [2.24, 2.45) is 0 Å². The molecule has 0 aliphatic rings. The Morgan fingerprint density at radius 3 is 2.47 bits per heavy atom. The highest BCUT2D eigenvalue weighted by Gasteiger charge is 2.20. The van der Waals surface area contributed by atoms with Gasteiger partial charge in [-0.3, -0.25) is 9.59 Å². The molecule has 0 aliphatic heterocycles. The third-order valence-electron chi connectivity index (χ3n) is 5.09. The van der Waals surface area contributed by atoms with E-state index in [2.05, 4.69) is 10.6 Å². The van der Waals surface area contributed by atoms with Gasteiger partial charge in [-0.1, -0.05) is 43.3 Å². The highest BCUT2D eigenvalue weighted by molar-refractivity contribution is 5.92. The molecule has 2 amide bonds. The maximum atomic E-state index is 12.6. The molecule has 30 heavy (non-hydrogen) atoms. The molecule has 3 rings (SSSR count). The maximum absolute atomic E-state index is 12.6. The van der Waals surface area contributed by atoms with Crippen LogP contribution in [0.3, 0.4) is 0 Å². The van der Waals surface area contributed by atoms with E-state index in [4.69, 9.17) is 4.42 Å². The number of quaternary nitrogens is 1. The third kappa shape index (κ3) is 5.70. The number of aryl methyl sites for hydroxylation is 1. The summed E-state index contributed by atoms with van der Waals surface area (Å²) in [5.74, 6) is 0.528. The van der Waals surface area contributed by atoms with Crippen LogP contribution in [0.15, 0.2) is 59.0 Å². The van der Waals surface area contributed by atoms with Crippen LogP contribution >= 0.6 is 0 Å². The minimum absolute atomic E-state index is 0.0918. The lowest BCUT2D eigenvalue weighted by atomic mass is 10.2. The van der Waals surface area contributed by atoms with Crippen molar-refractivity contribution in [3.63, 3.8) is 0 Å². The summed E-state index contributed by atoms with van der Waals surface area (Å²) in [5.41, 5.74) is 2.63. The molecule has 0 radical (unpaired) electrons. The van der Waals surface area contributed by atoms with Crippen LogP contribution in [0.25, 0.3) is 11.0 Å². The first-order valence-electron chi connectivity index (χ1n) is 10.4. The quantitative estimate of drug-likeness (QED) is 0.510. The van der Waals surface area contributed by atoms with E-state index in [1.807, 2.05) is 75.4 Å². The highest BCUT2D eigenvalue weighted by atomic mass is 16.3. The van der Waals surface area contributed by atoms with Crippen LogP contribution in [0.2, 0.25) is 0 Å². The average Bonchev–Trinajstić information content (AvgIpc) is 3.14. The lowest BCUT2D eigenvalue weighted by molar-refractivity contribution is -0.883. The maximum Gasteiger partial charge on any atom is 0.279 e. The monoisotopic (exact) mass is 408 g/mol. The number of nitrogens with one attached hydrogen (secondary N) is 3. The van der Waals surface area contributed by atoms with Crippen LogP contribution in [0.1, 0.15) is 37.6 Å². The molecule has 6 heteroatoms. The number of amides is 2. The molecule has 0 fully saturated rings. The molecule has 1 aromatic heterocycles. The number of carbonyl (C=O) groups excluding carboxylic acids is 2.